The molecule has 0 heterocycles. The molecular formula is C30H58O2. The predicted molar refractivity (Wildman–Crippen MR) is 142 cm³/mol. The first-order valence-electron chi connectivity index (χ1n) is 14.6. The molecule has 0 fully saturated rings. The van der Waals surface area contributed by atoms with Crippen molar-refractivity contribution in [2.24, 2.45) is 0 Å². The Labute approximate surface area is 202 Å². The van der Waals surface area contributed by atoms with Gasteiger partial charge in [0.2, 0.25) is 0 Å². The summed E-state index contributed by atoms with van der Waals surface area (Å²) < 4.78 is 5.26. The van der Waals surface area contributed by atoms with E-state index in [0.29, 0.717) is 13.0 Å². The van der Waals surface area contributed by atoms with E-state index in [-0.39, 0.29) is 5.97 Å². The van der Waals surface area contributed by atoms with Crippen molar-refractivity contribution in [1.29, 1.82) is 0 Å². The van der Waals surface area contributed by atoms with Gasteiger partial charge in [-0.15, -0.1) is 0 Å². The molecular weight excluding hydrogens is 392 g/mol. The van der Waals surface area contributed by atoms with Gasteiger partial charge in [-0.05, 0) is 19.8 Å². The molecule has 0 aliphatic rings. The Morgan fingerprint density at radius 1 is 0.562 bits per heavy atom. The van der Waals surface area contributed by atoms with Gasteiger partial charge in [0.15, 0.2) is 0 Å². The fourth-order valence-corrected chi connectivity index (χ4v) is 4.34. The molecule has 2 nitrogen and oxygen atoms in total. The highest BCUT2D eigenvalue weighted by Gasteiger charge is 2.00. The molecule has 0 spiro atoms. The van der Waals surface area contributed by atoms with Crippen LogP contribution >= 0.6 is 0 Å². The third kappa shape index (κ3) is 27.2. The van der Waals surface area contributed by atoms with Crippen molar-refractivity contribution in [3.05, 3.63) is 12.2 Å². The average molecular weight is 451 g/mol. The highest BCUT2D eigenvalue weighted by molar-refractivity contribution is 5.69. The van der Waals surface area contributed by atoms with Crippen LogP contribution in [0.5, 0.6) is 0 Å². The molecule has 0 aliphatic heterocycles. The van der Waals surface area contributed by atoms with Crippen LogP contribution in [0.1, 0.15) is 168 Å². The van der Waals surface area contributed by atoms with Crippen molar-refractivity contribution in [2.75, 3.05) is 6.61 Å². The first-order chi connectivity index (χ1) is 15.8. The summed E-state index contributed by atoms with van der Waals surface area (Å²) in [5.41, 5.74) is 0. The highest BCUT2D eigenvalue weighted by atomic mass is 16.5. The van der Waals surface area contributed by atoms with Gasteiger partial charge in [-0.2, -0.15) is 0 Å². The Morgan fingerprint density at radius 3 is 1.25 bits per heavy atom. The standard InChI is InChI=1S/C30H58O2/c1-3-5-7-8-9-10-11-12-13-14-15-16-17-18-19-20-21-22-23-24-25-27-29-32-30(31)28-26-6-4-2/h4,6H,3,5,7-29H2,1-2H3/b6-4+. The Hall–Kier alpha value is -0.790. The Bertz CT molecular complexity index is 388. The molecule has 190 valence electrons. The molecule has 0 bridgehead atoms. The largest absolute Gasteiger partial charge is 0.466 e. The zero-order valence-electron chi connectivity index (χ0n) is 22.1. The molecule has 0 amide bonds. The molecule has 2 heteroatoms. The number of carbonyl (C=O) groups is 1. The van der Waals surface area contributed by atoms with E-state index in [0.717, 1.165) is 12.8 Å². The quantitative estimate of drug-likeness (QED) is 0.0744. The third-order valence-corrected chi connectivity index (χ3v) is 6.51. The lowest BCUT2D eigenvalue weighted by Crippen LogP contribution is -2.05. The molecule has 0 saturated heterocycles. The predicted octanol–water partition coefficient (Wildman–Crippen LogP) is 10.5. The number of hydrogen-bond donors (Lipinski definition) is 0. The Kier molecular flexibility index (Phi) is 27.5. The van der Waals surface area contributed by atoms with E-state index in [4.69, 9.17) is 4.74 Å². The van der Waals surface area contributed by atoms with Gasteiger partial charge in [0.25, 0.3) is 0 Å². The van der Waals surface area contributed by atoms with E-state index >= 15 is 0 Å². The third-order valence-electron chi connectivity index (χ3n) is 6.51. The monoisotopic (exact) mass is 450 g/mol. The number of rotatable bonds is 26. The van der Waals surface area contributed by atoms with Gasteiger partial charge in [-0.25, -0.2) is 0 Å². The molecule has 0 aromatic heterocycles. The maximum Gasteiger partial charge on any atom is 0.306 e. The molecule has 0 radical (unpaired) electrons. The fraction of sp³-hybridized carbons (Fsp3) is 0.900. The average Bonchev–Trinajstić information content (AvgIpc) is 2.79. The topological polar surface area (TPSA) is 26.3 Å². The summed E-state index contributed by atoms with van der Waals surface area (Å²) in [5, 5.41) is 0. The summed E-state index contributed by atoms with van der Waals surface area (Å²) in [6.45, 7) is 4.88. The Balaban J connectivity index is 3.07. The van der Waals surface area contributed by atoms with Crippen LogP contribution in [0, 0.1) is 0 Å². The summed E-state index contributed by atoms with van der Waals surface area (Å²) in [6.07, 6.45) is 36.1. The molecule has 0 unspecified atom stereocenters. The molecule has 0 aliphatic carbocycles. The van der Waals surface area contributed by atoms with E-state index in [2.05, 4.69) is 6.92 Å². The summed E-state index contributed by atoms with van der Waals surface area (Å²) in [5.74, 6) is -0.0494. The van der Waals surface area contributed by atoms with Gasteiger partial charge >= 0.3 is 5.97 Å². The second-order valence-electron chi connectivity index (χ2n) is 9.75. The minimum atomic E-state index is -0.0494. The first kappa shape index (κ1) is 31.2. The van der Waals surface area contributed by atoms with E-state index in [1.807, 2.05) is 19.1 Å². The van der Waals surface area contributed by atoms with Gasteiger partial charge in [0.05, 0.1) is 6.61 Å². The molecule has 0 rings (SSSR count). The minimum Gasteiger partial charge on any atom is -0.466 e. The number of unbranched alkanes of at least 4 members (excludes halogenated alkanes) is 21. The zero-order valence-corrected chi connectivity index (χ0v) is 22.1. The van der Waals surface area contributed by atoms with Gasteiger partial charge in [-0.1, -0.05) is 154 Å². The first-order valence-corrected chi connectivity index (χ1v) is 14.6. The Morgan fingerprint density at radius 2 is 0.906 bits per heavy atom. The molecule has 32 heavy (non-hydrogen) atoms. The number of ether oxygens (including phenoxy) is 1. The van der Waals surface area contributed by atoms with Crippen molar-refractivity contribution in [3.8, 4) is 0 Å². The smallest absolute Gasteiger partial charge is 0.306 e. The van der Waals surface area contributed by atoms with Crippen LogP contribution in [0.3, 0.4) is 0 Å². The molecule has 0 aromatic carbocycles. The van der Waals surface area contributed by atoms with Crippen molar-refractivity contribution < 1.29 is 9.53 Å². The minimum absolute atomic E-state index is 0.0494. The number of allylic oxidation sites excluding steroid dienone is 2. The van der Waals surface area contributed by atoms with E-state index in [1.54, 1.807) is 0 Å². The van der Waals surface area contributed by atoms with Crippen molar-refractivity contribution in [1.82, 2.24) is 0 Å². The van der Waals surface area contributed by atoms with Gasteiger partial charge < -0.3 is 4.74 Å². The van der Waals surface area contributed by atoms with E-state index in [9.17, 15) is 4.79 Å². The molecule has 0 atom stereocenters. The van der Waals surface area contributed by atoms with Gasteiger partial charge in [0, 0.05) is 6.42 Å². The van der Waals surface area contributed by atoms with Crippen molar-refractivity contribution in [2.45, 2.75) is 168 Å². The van der Waals surface area contributed by atoms with Gasteiger partial charge in [0.1, 0.15) is 0 Å². The van der Waals surface area contributed by atoms with Crippen LogP contribution in [0.15, 0.2) is 12.2 Å². The zero-order chi connectivity index (χ0) is 23.4. The van der Waals surface area contributed by atoms with E-state index in [1.165, 1.54) is 135 Å². The normalized spacial score (nSPS) is 11.4. The maximum absolute atomic E-state index is 11.5. The number of esters is 1. The second kappa shape index (κ2) is 28.2. The molecule has 0 N–H and O–H groups in total. The molecule has 0 saturated carbocycles. The lowest BCUT2D eigenvalue weighted by Gasteiger charge is -2.05. The lowest BCUT2D eigenvalue weighted by molar-refractivity contribution is -0.143. The van der Waals surface area contributed by atoms with Crippen LogP contribution in [-0.2, 0) is 9.53 Å². The number of carbonyl (C=O) groups excluding carboxylic acids is 1. The van der Waals surface area contributed by atoms with E-state index < -0.39 is 0 Å². The van der Waals surface area contributed by atoms with Crippen LogP contribution < -0.4 is 0 Å². The fourth-order valence-electron chi connectivity index (χ4n) is 4.34. The van der Waals surface area contributed by atoms with Crippen LogP contribution in [0.2, 0.25) is 0 Å². The highest BCUT2D eigenvalue weighted by Crippen LogP contribution is 2.15. The van der Waals surface area contributed by atoms with Crippen LogP contribution in [0.4, 0.5) is 0 Å². The summed E-state index contributed by atoms with van der Waals surface area (Å²) >= 11 is 0. The van der Waals surface area contributed by atoms with Crippen LogP contribution in [-0.4, -0.2) is 12.6 Å². The SMILES string of the molecule is C/C=C/CCC(=O)OCCCCCCCCCCCCCCCCCCCCCCCC. The van der Waals surface area contributed by atoms with Crippen LogP contribution in [0.25, 0.3) is 0 Å². The number of hydrogen-bond acceptors (Lipinski definition) is 2. The van der Waals surface area contributed by atoms with Crippen molar-refractivity contribution >= 4 is 5.97 Å². The maximum atomic E-state index is 11.5. The molecule has 0 aromatic rings. The lowest BCUT2D eigenvalue weighted by atomic mass is 10.0. The summed E-state index contributed by atoms with van der Waals surface area (Å²) in [6, 6.07) is 0. The summed E-state index contributed by atoms with van der Waals surface area (Å²) in [7, 11) is 0. The second-order valence-corrected chi connectivity index (χ2v) is 9.75. The van der Waals surface area contributed by atoms with Gasteiger partial charge in [-0.3, -0.25) is 4.79 Å². The summed E-state index contributed by atoms with van der Waals surface area (Å²) in [4.78, 5) is 11.5. The van der Waals surface area contributed by atoms with Crippen molar-refractivity contribution in [3.63, 3.8) is 0 Å².